The second kappa shape index (κ2) is 5.50. The fourth-order valence-corrected chi connectivity index (χ4v) is 2.13. The van der Waals surface area contributed by atoms with Crippen molar-refractivity contribution in [2.75, 3.05) is 18.5 Å². The summed E-state index contributed by atoms with van der Waals surface area (Å²) in [6.07, 6.45) is 2.88. The summed E-state index contributed by atoms with van der Waals surface area (Å²) < 4.78 is 0.725. The van der Waals surface area contributed by atoms with Crippen LogP contribution >= 0.6 is 15.9 Å². The third-order valence-corrected chi connectivity index (χ3v) is 3.74. The largest absolute Gasteiger partial charge is 0.394 e. The van der Waals surface area contributed by atoms with E-state index in [1.807, 2.05) is 6.92 Å². The van der Waals surface area contributed by atoms with Gasteiger partial charge >= 0.3 is 0 Å². The smallest absolute Gasteiger partial charge is 0.135 e. The fourth-order valence-electron chi connectivity index (χ4n) is 1.74. The van der Waals surface area contributed by atoms with Gasteiger partial charge in [-0.3, -0.25) is 0 Å². The third kappa shape index (κ3) is 2.99. The monoisotopic (exact) mass is 315 g/mol. The molecule has 0 atom stereocenters. The molecule has 0 amide bonds. The second-order valence-electron chi connectivity index (χ2n) is 4.78. The van der Waals surface area contributed by atoms with Gasteiger partial charge in [-0.1, -0.05) is 6.92 Å². The molecule has 2 rings (SSSR count). The van der Waals surface area contributed by atoms with Crippen LogP contribution in [0.5, 0.6) is 0 Å². The number of hydrogen-bond donors (Lipinski definition) is 3. The summed E-state index contributed by atoms with van der Waals surface area (Å²) in [7, 11) is 0. The molecule has 0 radical (unpaired) electrons. The lowest BCUT2D eigenvalue weighted by Crippen LogP contribution is -2.45. The Bertz CT molecular complexity index is 412. The number of nitrogens with one attached hydrogen (secondary N) is 1. The molecule has 0 saturated heterocycles. The maximum absolute atomic E-state index is 9.42. The molecule has 1 saturated carbocycles. The van der Waals surface area contributed by atoms with Crippen molar-refractivity contribution in [3.63, 3.8) is 0 Å². The number of aromatic nitrogens is 2. The number of hydrogen-bond acceptors (Lipinski definition) is 5. The molecule has 1 fully saturated rings. The zero-order valence-corrected chi connectivity index (χ0v) is 11.9. The van der Waals surface area contributed by atoms with Gasteiger partial charge in [0.15, 0.2) is 0 Å². The lowest BCUT2D eigenvalue weighted by molar-refractivity contribution is 0.132. The quantitative estimate of drug-likeness (QED) is 0.696. The highest BCUT2D eigenvalue weighted by molar-refractivity contribution is 9.10. The van der Waals surface area contributed by atoms with Crippen LogP contribution in [-0.4, -0.2) is 38.9 Å². The molecule has 0 aromatic carbocycles. The van der Waals surface area contributed by atoms with Gasteiger partial charge in [0.2, 0.25) is 0 Å². The normalized spacial score (nSPS) is 15.8. The summed E-state index contributed by atoms with van der Waals surface area (Å²) in [6.45, 7) is 1.64. The molecular weight excluding hydrogens is 298 g/mol. The number of aliphatic hydroxyl groups excluding tert-OH is 2. The van der Waals surface area contributed by atoms with Crippen LogP contribution in [0, 0.1) is 0 Å². The molecule has 0 unspecified atom stereocenters. The third-order valence-electron chi connectivity index (χ3n) is 3.33. The number of anilines is 1. The molecule has 1 heterocycles. The molecule has 1 aliphatic carbocycles. The highest BCUT2D eigenvalue weighted by Gasteiger charge is 2.30. The van der Waals surface area contributed by atoms with Gasteiger partial charge in [0.25, 0.3) is 0 Å². The topological polar surface area (TPSA) is 78.3 Å². The predicted octanol–water partition coefficient (Wildman–Crippen LogP) is 1.66. The van der Waals surface area contributed by atoms with E-state index < -0.39 is 5.54 Å². The van der Waals surface area contributed by atoms with E-state index in [4.69, 9.17) is 0 Å². The lowest BCUT2D eigenvalue weighted by Gasteiger charge is -2.30. The molecule has 18 heavy (non-hydrogen) atoms. The van der Waals surface area contributed by atoms with Crippen molar-refractivity contribution in [3.05, 3.63) is 16.5 Å². The molecule has 6 heteroatoms. The Morgan fingerprint density at radius 2 is 2.06 bits per heavy atom. The summed E-state index contributed by atoms with van der Waals surface area (Å²) >= 11 is 3.37. The molecule has 3 N–H and O–H groups in total. The average molecular weight is 316 g/mol. The van der Waals surface area contributed by atoms with Gasteiger partial charge in [0.05, 0.1) is 18.8 Å². The Balaban J connectivity index is 2.21. The molecule has 1 aliphatic rings. The Labute approximate surface area is 115 Å². The molecular formula is C12H18BrN3O2. The molecule has 1 aromatic rings. The van der Waals surface area contributed by atoms with Gasteiger partial charge in [-0.05, 0) is 35.2 Å². The van der Waals surface area contributed by atoms with Gasteiger partial charge in [-0.15, -0.1) is 0 Å². The van der Waals surface area contributed by atoms with Crippen LogP contribution in [0.15, 0.2) is 10.7 Å². The molecule has 100 valence electrons. The van der Waals surface area contributed by atoms with Crippen molar-refractivity contribution in [1.29, 1.82) is 0 Å². The predicted molar refractivity (Wildman–Crippen MR) is 72.5 cm³/mol. The van der Waals surface area contributed by atoms with Crippen LogP contribution in [0.4, 0.5) is 5.82 Å². The maximum atomic E-state index is 9.42. The van der Waals surface area contributed by atoms with Gasteiger partial charge < -0.3 is 15.5 Å². The van der Waals surface area contributed by atoms with Crippen LogP contribution in [0.2, 0.25) is 0 Å². The summed E-state index contributed by atoms with van der Waals surface area (Å²) in [5, 5.41) is 22.0. The minimum Gasteiger partial charge on any atom is -0.394 e. The Morgan fingerprint density at radius 1 is 1.39 bits per heavy atom. The standard InChI is InChI=1S/C12H18BrN3O2/c1-2-12(6-17,7-18)16-10-5-9(13)14-11(15-10)8-3-4-8/h5,8,17-18H,2-4,6-7H2,1H3,(H,14,15,16). The Kier molecular flexibility index (Phi) is 4.19. The summed E-state index contributed by atoms with van der Waals surface area (Å²) in [6, 6.07) is 1.77. The number of rotatable bonds is 6. The summed E-state index contributed by atoms with van der Waals surface area (Å²) in [5.74, 6) is 1.93. The van der Waals surface area contributed by atoms with E-state index in [0.717, 1.165) is 23.3 Å². The van der Waals surface area contributed by atoms with Crippen LogP contribution in [-0.2, 0) is 0 Å². The first-order valence-corrected chi connectivity index (χ1v) is 6.96. The lowest BCUT2D eigenvalue weighted by atomic mass is 9.98. The van der Waals surface area contributed by atoms with E-state index in [9.17, 15) is 10.2 Å². The number of nitrogens with zero attached hydrogens (tertiary/aromatic N) is 2. The molecule has 0 aliphatic heterocycles. The first-order valence-electron chi connectivity index (χ1n) is 6.17. The molecule has 0 spiro atoms. The summed E-state index contributed by atoms with van der Waals surface area (Å²) in [5.41, 5.74) is -0.728. The van der Waals surface area contributed by atoms with Gasteiger partial charge in [0.1, 0.15) is 16.2 Å². The molecule has 1 aromatic heterocycles. The minimum atomic E-state index is -0.728. The first kappa shape index (κ1) is 13.7. The van der Waals surface area contributed by atoms with Gasteiger partial charge in [-0.25, -0.2) is 9.97 Å². The zero-order valence-electron chi connectivity index (χ0n) is 10.4. The van der Waals surface area contributed by atoms with E-state index >= 15 is 0 Å². The second-order valence-corrected chi connectivity index (χ2v) is 5.60. The van der Waals surface area contributed by atoms with Gasteiger partial charge in [0, 0.05) is 12.0 Å². The minimum absolute atomic E-state index is 0.139. The Hall–Kier alpha value is -0.720. The first-order chi connectivity index (χ1) is 8.62. The number of halogens is 1. The van der Waals surface area contributed by atoms with Crippen LogP contribution < -0.4 is 5.32 Å². The van der Waals surface area contributed by atoms with Crippen molar-refractivity contribution in [2.24, 2.45) is 0 Å². The molecule has 0 bridgehead atoms. The van der Waals surface area contributed by atoms with E-state index in [1.165, 1.54) is 0 Å². The fraction of sp³-hybridized carbons (Fsp3) is 0.667. The highest BCUT2D eigenvalue weighted by atomic mass is 79.9. The SMILES string of the molecule is CCC(CO)(CO)Nc1cc(Br)nc(C2CC2)n1. The van der Waals surface area contributed by atoms with Crippen molar-refractivity contribution >= 4 is 21.7 Å². The van der Waals surface area contributed by atoms with E-state index in [-0.39, 0.29) is 13.2 Å². The van der Waals surface area contributed by atoms with E-state index in [1.54, 1.807) is 6.07 Å². The van der Waals surface area contributed by atoms with Crippen LogP contribution in [0.3, 0.4) is 0 Å². The van der Waals surface area contributed by atoms with Crippen molar-refractivity contribution in [1.82, 2.24) is 9.97 Å². The van der Waals surface area contributed by atoms with Crippen LogP contribution in [0.25, 0.3) is 0 Å². The average Bonchev–Trinajstić information content (AvgIpc) is 3.20. The highest BCUT2D eigenvalue weighted by Crippen LogP contribution is 2.39. The maximum Gasteiger partial charge on any atom is 0.135 e. The zero-order chi connectivity index (χ0) is 13.2. The van der Waals surface area contributed by atoms with Gasteiger partial charge in [-0.2, -0.15) is 0 Å². The number of aliphatic hydroxyl groups is 2. The van der Waals surface area contributed by atoms with Crippen molar-refractivity contribution < 1.29 is 10.2 Å². The molecule has 5 nitrogen and oxygen atoms in total. The van der Waals surface area contributed by atoms with Crippen LogP contribution in [0.1, 0.15) is 37.9 Å². The van der Waals surface area contributed by atoms with Crippen molar-refractivity contribution in [3.8, 4) is 0 Å². The summed E-state index contributed by atoms with van der Waals surface area (Å²) in [4.78, 5) is 8.79. The van der Waals surface area contributed by atoms with E-state index in [0.29, 0.717) is 18.2 Å². The van der Waals surface area contributed by atoms with Crippen molar-refractivity contribution in [2.45, 2.75) is 37.6 Å². The van der Waals surface area contributed by atoms with E-state index in [2.05, 4.69) is 31.2 Å². The Morgan fingerprint density at radius 3 is 2.56 bits per heavy atom.